The molecule has 21 heavy (non-hydrogen) atoms. The molecule has 5 heteroatoms. The number of hydrogen-bond donors (Lipinski definition) is 1. The van der Waals surface area contributed by atoms with E-state index in [1.165, 1.54) is 0 Å². The van der Waals surface area contributed by atoms with Crippen LogP contribution in [0.15, 0.2) is 47.4 Å². The Morgan fingerprint density at radius 2 is 2.24 bits per heavy atom. The number of carbonyl (C=O) groups excluding carboxylic acids is 1. The monoisotopic (exact) mass is 283 g/mol. The van der Waals surface area contributed by atoms with Crippen molar-refractivity contribution in [2.24, 2.45) is 5.92 Å². The Morgan fingerprint density at radius 1 is 1.33 bits per heavy atom. The molecule has 0 unspecified atom stereocenters. The quantitative estimate of drug-likeness (QED) is 0.876. The summed E-state index contributed by atoms with van der Waals surface area (Å²) < 4.78 is 5.36. The minimum Gasteiger partial charge on any atom is -0.463 e. The second kappa shape index (κ2) is 6.35. The largest absolute Gasteiger partial charge is 0.463 e. The normalized spacial score (nSPS) is 17.6. The molecule has 0 fully saturated rings. The van der Waals surface area contributed by atoms with Gasteiger partial charge in [-0.15, -0.1) is 0 Å². The highest BCUT2D eigenvalue weighted by atomic mass is 16.3. The van der Waals surface area contributed by atoms with Gasteiger partial charge >= 0.3 is 0 Å². The van der Waals surface area contributed by atoms with E-state index in [1.807, 2.05) is 6.07 Å². The van der Waals surface area contributed by atoms with Crippen molar-refractivity contribution in [3.05, 3.63) is 48.6 Å². The van der Waals surface area contributed by atoms with Crippen LogP contribution in [-0.2, 0) is 11.3 Å². The zero-order chi connectivity index (χ0) is 14.5. The summed E-state index contributed by atoms with van der Waals surface area (Å²) in [6.07, 6.45) is 11.7. The van der Waals surface area contributed by atoms with Gasteiger partial charge in [-0.25, -0.2) is 4.98 Å². The van der Waals surface area contributed by atoms with Crippen LogP contribution >= 0.6 is 0 Å². The van der Waals surface area contributed by atoms with E-state index in [2.05, 4.69) is 27.4 Å². The smallest absolute Gasteiger partial charge is 0.223 e. The molecule has 0 bridgehead atoms. The molecule has 108 valence electrons. The summed E-state index contributed by atoms with van der Waals surface area (Å²) in [5.41, 5.74) is 1.39. The molecule has 0 aliphatic heterocycles. The van der Waals surface area contributed by atoms with E-state index in [4.69, 9.17) is 4.42 Å². The number of amides is 1. The zero-order valence-corrected chi connectivity index (χ0v) is 11.7. The lowest BCUT2D eigenvalue weighted by atomic mass is 9.94. The lowest BCUT2D eigenvalue weighted by molar-refractivity contribution is -0.125. The Balaban J connectivity index is 1.68. The van der Waals surface area contributed by atoms with Crippen molar-refractivity contribution in [3.63, 3.8) is 0 Å². The van der Waals surface area contributed by atoms with Crippen molar-refractivity contribution in [1.82, 2.24) is 15.3 Å². The summed E-state index contributed by atoms with van der Waals surface area (Å²) in [6, 6.07) is 3.64. The standard InChI is InChI=1S/C16H17N3O2/c20-16(12-5-2-1-3-6-12)19-11-13-15(18-9-8-17-13)14-7-4-10-21-14/h1-2,4,7-10,12H,3,5-6,11H2,(H,19,20)/t12-/m1/s1. The maximum Gasteiger partial charge on any atom is 0.223 e. The molecule has 0 aromatic carbocycles. The summed E-state index contributed by atoms with van der Waals surface area (Å²) in [5, 5.41) is 2.95. The number of aromatic nitrogens is 2. The van der Waals surface area contributed by atoms with Gasteiger partial charge in [0.15, 0.2) is 5.76 Å². The average molecular weight is 283 g/mol. The van der Waals surface area contributed by atoms with Crippen molar-refractivity contribution < 1.29 is 9.21 Å². The fourth-order valence-corrected chi connectivity index (χ4v) is 2.46. The predicted octanol–water partition coefficient (Wildman–Crippen LogP) is 2.71. The molecule has 0 spiro atoms. The van der Waals surface area contributed by atoms with Gasteiger partial charge in [-0.3, -0.25) is 9.78 Å². The van der Waals surface area contributed by atoms with Gasteiger partial charge in [0.1, 0.15) is 5.69 Å². The number of hydrogen-bond acceptors (Lipinski definition) is 4. The van der Waals surface area contributed by atoms with Gasteiger partial charge in [0.2, 0.25) is 5.91 Å². The third kappa shape index (κ3) is 3.18. The molecule has 2 heterocycles. The van der Waals surface area contributed by atoms with Crippen LogP contribution in [0, 0.1) is 5.92 Å². The van der Waals surface area contributed by atoms with Gasteiger partial charge in [0.05, 0.1) is 18.5 Å². The van der Waals surface area contributed by atoms with E-state index < -0.39 is 0 Å². The number of carbonyl (C=O) groups is 1. The molecular weight excluding hydrogens is 266 g/mol. The van der Waals surface area contributed by atoms with Gasteiger partial charge in [-0.2, -0.15) is 0 Å². The van der Waals surface area contributed by atoms with Crippen molar-refractivity contribution >= 4 is 5.91 Å². The second-order valence-corrected chi connectivity index (χ2v) is 5.03. The highest BCUT2D eigenvalue weighted by molar-refractivity contribution is 5.79. The number of nitrogens with zero attached hydrogens (tertiary/aromatic N) is 2. The second-order valence-electron chi connectivity index (χ2n) is 5.03. The predicted molar refractivity (Wildman–Crippen MR) is 78.1 cm³/mol. The van der Waals surface area contributed by atoms with E-state index in [0.717, 1.165) is 19.3 Å². The molecule has 1 N–H and O–H groups in total. The summed E-state index contributed by atoms with van der Waals surface area (Å²) in [4.78, 5) is 20.7. The molecule has 2 aromatic rings. The van der Waals surface area contributed by atoms with Crippen LogP contribution in [0.25, 0.3) is 11.5 Å². The Morgan fingerprint density at radius 3 is 3.00 bits per heavy atom. The number of nitrogens with one attached hydrogen (secondary N) is 1. The van der Waals surface area contributed by atoms with Crippen molar-refractivity contribution in [1.29, 1.82) is 0 Å². The highest BCUT2D eigenvalue weighted by Gasteiger charge is 2.19. The fourth-order valence-electron chi connectivity index (χ4n) is 2.46. The van der Waals surface area contributed by atoms with E-state index in [1.54, 1.807) is 24.7 Å². The summed E-state index contributed by atoms with van der Waals surface area (Å²) in [7, 11) is 0. The molecule has 2 aromatic heterocycles. The SMILES string of the molecule is O=C(NCc1nccnc1-c1ccco1)[C@@H]1CC=CCC1. The van der Waals surface area contributed by atoms with Crippen LogP contribution in [-0.4, -0.2) is 15.9 Å². The summed E-state index contributed by atoms with van der Waals surface area (Å²) in [5.74, 6) is 0.807. The maximum absolute atomic E-state index is 12.2. The number of rotatable bonds is 4. The Hall–Kier alpha value is -2.43. The first-order chi connectivity index (χ1) is 10.3. The third-order valence-corrected chi connectivity index (χ3v) is 3.60. The van der Waals surface area contributed by atoms with Crippen molar-refractivity contribution in [2.45, 2.75) is 25.8 Å². The van der Waals surface area contributed by atoms with Crippen LogP contribution in [0.1, 0.15) is 25.0 Å². The summed E-state index contributed by atoms with van der Waals surface area (Å²) in [6.45, 7) is 0.364. The van der Waals surface area contributed by atoms with Crippen LogP contribution in [0.2, 0.25) is 0 Å². The van der Waals surface area contributed by atoms with Crippen molar-refractivity contribution in [2.75, 3.05) is 0 Å². The third-order valence-electron chi connectivity index (χ3n) is 3.60. The lowest BCUT2D eigenvalue weighted by Gasteiger charge is -2.17. The molecular formula is C16H17N3O2. The molecule has 1 aliphatic carbocycles. The molecule has 0 saturated carbocycles. The van der Waals surface area contributed by atoms with Gasteiger partial charge < -0.3 is 9.73 Å². The first-order valence-electron chi connectivity index (χ1n) is 7.11. The van der Waals surface area contributed by atoms with Crippen LogP contribution in [0.5, 0.6) is 0 Å². The molecule has 5 nitrogen and oxygen atoms in total. The van der Waals surface area contributed by atoms with Gasteiger partial charge in [0, 0.05) is 18.3 Å². The van der Waals surface area contributed by atoms with E-state index >= 15 is 0 Å². The number of furan rings is 1. The Bertz CT molecular complexity index is 635. The minimum absolute atomic E-state index is 0.0683. The topological polar surface area (TPSA) is 68.0 Å². The van der Waals surface area contributed by atoms with Crippen LogP contribution in [0.3, 0.4) is 0 Å². The van der Waals surface area contributed by atoms with E-state index in [0.29, 0.717) is 23.7 Å². The lowest BCUT2D eigenvalue weighted by Crippen LogP contribution is -2.31. The van der Waals surface area contributed by atoms with Gasteiger partial charge in [-0.05, 0) is 31.4 Å². The molecule has 3 rings (SSSR count). The highest BCUT2D eigenvalue weighted by Crippen LogP contribution is 2.21. The summed E-state index contributed by atoms with van der Waals surface area (Å²) >= 11 is 0. The first-order valence-corrected chi connectivity index (χ1v) is 7.11. The van der Waals surface area contributed by atoms with Crippen molar-refractivity contribution in [3.8, 4) is 11.5 Å². The Labute approximate surface area is 123 Å². The maximum atomic E-state index is 12.2. The van der Waals surface area contributed by atoms with E-state index in [-0.39, 0.29) is 11.8 Å². The zero-order valence-electron chi connectivity index (χ0n) is 11.7. The molecule has 1 atom stereocenters. The first kappa shape index (κ1) is 13.5. The fraction of sp³-hybridized carbons (Fsp3) is 0.312. The number of allylic oxidation sites excluding steroid dienone is 2. The Kier molecular flexibility index (Phi) is 4.09. The molecule has 1 amide bonds. The van der Waals surface area contributed by atoms with Gasteiger partial charge in [-0.1, -0.05) is 12.2 Å². The van der Waals surface area contributed by atoms with Crippen LogP contribution in [0.4, 0.5) is 0 Å². The minimum atomic E-state index is 0.0683. The average Bonchev–Trinajstić information content (AvgIpc) is 3.08. The molecule has 0 radical (unpaired) electrons. The molecule has 1 aliphatic rings. The van der Waals surface area contributed by atoms with Crippen LogP contribution < -0.4 is 5.32 Å². The molecule has 0 saturated heterocycles. The van der Waals surface area contributed by atoms with E-state index in [9.17, 15) is 4.79 Å². The van der Waals surface area contributed by atoms with Gasteiger partial charge in [0.25, 0.3) is 0 Å².